The van der Waals surface area contributed by atoms with Crippen molar-refractivity contribution in [3.05, 3.63) is 54.6 Å². The largest absolute Gasteiger partial charge is 0.338 e. The van der Waals surface area contributed by atoms with Crippen LogP contribution in [0.5, 0.6) is 0 Å². The highest BCUT2D eigenvalue weighted by Crippen LogP contribution is 2.34. The highest BCUT2D eigenvalue weighted by Gasteiger charge is 2.26. The molecule has 0 spiro atoms. The van der Waals surface area contributed by atoms with Gasteiger partial charge in [0.1, 0.15) is 4.90 Å². The minimum atomic E-state index is -3.47. The average molecular weight is 431 g/mol. The molecule has 3 heterocycles. The molecule has 0 N–H and O–H groups in total. The van der Waals surface area contributed by atoms with Gasteiger partial charge in [-0.1, -0.05) is 53.7 Å². The van der Waals surface area contributed by atoms with Gasteiger partial charge in [-0.3, -0.25) is 0 Å². The maximum absolute atomic E-state index is 12.7. The third-order valence-electron chi connectivity index (χ3n) is 4.78. The Morgan fingerprint density at radius 3 is 2.52 bits per heavy atom. The molecule has 0 radical (unpaired) electrons. The molecule has 1 fully saturated rings. The molecule has 1 saturated heterocycles. The zero-order valence-corrected chi connectivity index (χ0v) is 17.7. The summed E-state index contributed by atoms with van der Waals surface area (Å²) in [5, 5.41) is 4.63. The van der Waals surface area contributed by atoms with Gasteiger partial charge in [0.25, 0.3) is 0 Å². The lowest BCUT2D eigenvalue weighted by molar-refractivity contribution is 0.346. The molecule has 2 aromatic heterocycles. The van der Waals surface area contributed by atoms with E-state index < -0.39 is 10.0 Å². The Balaban J connectivity index is 1.44. The van der Waals surface area contributed by atoms with Crippen LogP contribution in [0.15, 0.2) is 63.1 Å². The summed E-state index contributed by atoms with van der Waals surface area (Å²) in [6.45, 7) is 3.11. The molecule has 1 aliphatic rings. The summed E-state index contributed by atoms with van der Waals surface area (Å²) in [7, 11) is -3.47. The number of aromatic nitrogens is 3. The number of pyridine rings is 1. The van der Waals surface area contributed by atoms with Crippen LogP contribution in [0.2, 0.25) is 0 Å². The van der Waals surface area contributed by atoms with Crippen LogP contribution in [0.3, 0.4) is 0 Å². The van der Waals surface area contributed by atoms with E-state index in [1.54, 1.807) is 16.4 Å². The lowest BCUT2D eigenvalue weighted by Gasteiger charge is -2.25. The Morgan fingerprint density at radius 2 is 1.83 bits per heavy atom. The molecule has 29 heavy (non-hydrogen) atoms. The molecular formula is C20H22N4O3S2. The summed E-state index contributed by atoms with van der Waals surface area (Å²) in [6, 6.07) is 13.0. The van der Waals surface area contributed by atoms with Crippen LogP contribution >= 0.6 is 11.8 Å². The third-order valence-corrected chi connectivity index (χ3v) is 7.70. The molecule has 1 aromatic carbocycles. The van der Waals surface area contributed by atoms with E-state index in [1.165, 1.54) is 18.0 Å². The number of sulfonamides is 1. The topological polar surface area (TPSA) is 89.2 Å². The van der Waals surface area contributed by atoms with Gasteiger partial charge in [0.2, 0.25) is 21.7 Å². The van der Waals surface area contributed by atoms with Crippen molar-refractivity contribution in [2.24, 2.45) is 0 Å². The fraction of sp³-hybridized carbons (Fsp3) is 0.350. The predicted octanol–water partition coefficient (Wildman–Crippen LogP) is 4.16. The molecule has 0 aliphatic carbocycles. The van der Waals surface area contributed by atoms with Crippen LogP contribution < -0.4 is 0 Å². The summed E-state index contributed by atoms with van der Waals surface area (Å²) in [5.74, 6) is 1.05. The predicted molar refractivity (Wildman–Crippen MR) is 111 cm³/mol. The van der Waals surface area contributed by atoms with Gasteiger partial charge in [0, 0.05) is 24.8 Å². The zero-order valence-electron chi connectivity index (χ0n) is 16.1. The van der Waals surface area contributed by atoms with Crippen molar-refractivity contribution >= 4 is 21.8 Å². The van der Waals surface area contributed by atoms with Gasteiger partial charge < -0.3 is 4.52 Å². The van der Waals surface area contributed by atoms with E-state index in [-0.39, 0.29) is 10.1 Å². The number of piperidine rings is 1. The second kappa shape index (κ2) is 8.64. The molecular weight excluding hydrogens is 408 g/mol. The zero-order chi connectivity index (χ0) is 20.3. The van der Waals surface area contributed by atoms with Gasteiger partial charge in [-0.15, -0.1) is 0 Å². The van der Waals surface area contributed by atoms with Gasteiger partial charge in [0.15, 0.2) is 0 Å². The van der Waals surface area contributed by atoms with E-state index in [4.69, 9.17) is 4.52 Å². The van der Waals surface area contributed by atoms with E-state index >= 15 is 0 Å². The summed E-state index contributed by atoms with van der Waals surface area (Å²) >= 11 is 1.44. The molecule has 4 rings (SSSR count). The number of rotatable bonds is 6. The minimum Gasteiger partial charge on any atom is -0.338 e. The Bertz CT molecular complexity index is 1050. The van der Waals surface area contributed by atoms with Crippen molar-refractivity contribution in [3.63, 3.8) is 0 Å². The lowest BCUT2D eigenvalue weighted by Crippen LogP contribution is -2.35. The standard InChI is InChI=1S/C20H22N4O3S2/c1-15(20-22-19(23-27-20)16-8-4-2-5-9-16)28-18-11-10-17(14-21-18)29(25,26)24-12-6-3-7-13-24/h2,4-5,8-11,14-15H,3,6-7,12-13H2,1H3/t15-/m1/s1. The Labute approximate surface area is 174 Å². The molecule has 3 aromatic rings. The average Bonchev–Trinajstić information content (AvgIpc) is 3.26. The maximum atomic E-state index is 12.7. The van der Waals surface area contributed by atoms with E-state index in [1.807, 2.05) is 37.3 Å². The summed E-state index contributed by atoms with van der Waals surface area (Å²) in [4.78, 5) is 9.04. The normalized spacial score (nSPS) is 16.6. The summed E-state index contributed by atoms with van der Waals surface area (Å²) in [6.07, 6.45) is 4.34. The van der Waals surface area contributed by atoms with E-state index in [0.29, 0.717) is 29.8 Å². The lowest BCUT2D eigenvalue weighted by atomic mass is 10.2. The van der Waals surface area contributed by atoms with Crippen LogP contribution in [0.4, 0.5) is 0 Å². The van der Waals surface area contributed by atoms with Crippen molar-refractivity contribution in [2.45, 2.75) is 41.4 Å². The SMILES string of the molecule is C[C@@H](Sc1ccc(S(=O)(=O)N2CCCCC2)cn1)c1nc(-c2ccccc2)no1. The number of thioether (sulfide) groups is 1. The van der Waals surface area contributed by atoms with Crippen LogP contribution in [0.1, 0.15) is 37.3 Å². The highest BCUT2D eigenvalue weighted by molar-refractivity contribution is 7.99. The van der Waals surface area contributed by atoms with Crippen LogP contribution in [-0.2, 0) is 10.0 Å². The fourth-order valence-corrected chi connectivity index (χ4v) is 5.46. The van der Waals surface area contributed by atoms with E-state index in [0.717, 1.165) is 24.8 Å². The van der Waals surface area contributed by atoms with Gasteiger partial charge >= 0.3 is 0 Å². The monoisotopic (exact) mass is 430 g/mol. The molecule has 7 nitrogen and oxygen atoms in total. The number of nitrogens with zero attached hydrogens (tertiary/aromatic N) is 4. The number of benzene rings is 1. The van der Waals surface area contributed by atoms with Gasteiger partial charge in [-0.25, -0.2) is 13.4 Å². The fourth-order valence-electron chi connectivity index (χ4n) is 3.18. The maximum Gasteiger partial charge on any atom is 0.244 e. The van der Waals surface area contributed by atoms with Crippen LogP contribution in [0, 0.1) is 0 Å². The molecule has 0 unspecified atom stereocenters. The minimum absolute atomic E-state index is 0.114. The highest BCUT2D eigenvalue weighted by atomic mass is 32.2. The molecule has 0 bridgehead atoms. The van der Waals surface area contributed by atoms with Crippen molar-refractivity contribution in [1.82, 2.24) is 19.4 Å². The van der Waals surface area contributed by atoms with Crippen LogP contribution in [0.25, 0.3) is 11.4 Å². The van der Waals surface area contributed by atoms with Gasteiger partial charge in [-0.05, 0) is 31.9 Å². The first-order valence-corrected chi connectivity index (χ1v) is 11.9. The molecule has 1 aliphatic heterocycles. The Morgan fingerprint density at radius 1 is 1.07 bits per heavy atom. The third kappa shape index (κ3) is 4.52. The quantitative estimate of drug-likeness (QED) is 0.543. The molecule has 1 atom stereocenters. The first kappa shape index (κ1) is 20.1. The van der Waals surface area contributed by atoms with Crippen molar-refractivity contribution < 1.29 is 12.9 Å². The number of hydrogen-bond acceptors (Lipinski definition) is 7. The van der Waals surface area contributed by atoms with Crippen LogP contribution in [-0.4, -0.2) is 40.9 Å². The Kier molecular flexibility index (Phi) is 5.98. The van der Waals surface area contributed by atoms with Crippen molar-refractivity contribution in [3.8, 4) is 11.4 Å². The van der Waals surface area contributed by atoms with Gasteiger partial charge in [0.05, 0.1) is 10.3 Å². The first-order chi connectivity index (χ1) is 14.0. The van der Waals surface area contributed by atoms with Gasteiger partial charge in [-0.2, -0.15) is 9.29 Å². The van der Waals surface area contributed by atoms with Crippen molar-refractivity contribution in [1.29, 1.82) is 0 Å². The van der Waals surface area contributed by atoms with E-state index in [9.17, 15) is 8.42 Å². The smallest absolute Gasteiger partial charge is 0.244 e. The first-order valence-electron chi connectivity index (χ1n) is 9.56. The Hall–Kier alpha value is -2.23. The molecule has 152 valence electrons. The van der Waals surface area contributed by atoms with E-state index in [2.05, 4.69) is 15.1 Å². The summed E-state index contributed by atoms with van der Waals surface area (Å²) in [5.41, 5.74) is 0.894. The molecule has 0 saturated carbocycles. The summed E-state index contributed by atoms with van der Waals surface area (Å²) < 4.78 is 32.4. The molecule has 9 heteroatoms. The second-order valence-electron chi connectivity index (χ2n) is 6.88. The molecule has 0 amide bonds. The van der Waals surface area contributed by atoms with Crippen molar-refractivity contribution in [2.75, 3.05) is 13.1 Å². The second-order valence-corrected chi connectivity index (χ2v) is 10.2. The number of hydrogen-bond donors (Lipinski definition) is 0.